The van der Waals surface area contributed by atoms with E-state index >= 15 is 0 Å². The maximum absolute atomic E-state index is 13.4. The van der Waals surface area contributed by atoms with Gasteiger partial charge in [0.1, 0.15) is 0 Å². The number of carbonyl (C=O) groups excluding carboxylic acids is 4. The molecule has 0 fully saturated rings. The van der Waals surface area contributed by atoms with Gasteiger partial charge in [-0.2, -0.15) is 5.06 Å². The number of hydrogen-bond donors (Lipinski definition) is 1. The Bertz CT molecular complexity index is 1760. The number of likely N-dealkylation sites (N-methyl/N-ethyl adjacent to an activating group) is 1. The van der Waals surface area contributed by atoms with Crippen LogP contribution in [0.3, 0.4) is 0 Å². The SMILES string of the molecule is C=CN(C)c1ccc2c3c(cccc13)C(=O)N(CCN(O)CCCN(CC)CCN1C(=O)C3=CCCc4cccc(c43)C1=O)C2=O. The molecule has 10 heteroatoms. The number of amides is 4. The molecule has 0 bridgehead atoms. The van der Waals surface area contributed by atoms with Gasteiger partial charge in [-0.3, -0.25) is 29.0 Å². The van der Waals surface area contributed by atoms with Gasteiger partial charge in [0, 0.05) is 84.1 Å². The van der Waals surface area contributed by atoms with Crippen molar-refractivity contribution in [3.8, 4) is 0 Å². The fourth-order valence-corrected chi connectivity index (χ4v) is 6.77. The van der Waals surface area contributed by atoms with Crippen molar-refractivity contribution in [1.29, 1.82) is 0 Å². The lowest BCUT2D eigenvalue weighted by atomic mass is 9.83. The second-order valence-electron chi connectivity index (χ2n) is 11.9. The normalized spacial score (nSPS) is 15.6. The number of imide groups is 2. The summed E-state index contributed by atoms with van der Waals surface area (Å²) in [5.74, 6) is -1.23. The van der Waals surface area contributed by atoms with Crippen LogP contribution in [0, 0.1) is 0 Å². The van der Waals surface area contributed by atoms with E-state index in [1.54, 1.807) is 24.4 Å². The zero-order valence-electron chi connectivity index (χ0n) is 26.4. The summed E-state index contributed by atoms with van der Waals surface area (Å²) in [4.78, 5) is 59.9. The molecule has 3 aromatic rings. The van der Waals surface area contributed by atoms with E-state index in [9.17, 15) is 24.4 Å². The smallest absolute Gasteiger partial charge is 0.261 e. The molecule has 4 amide bonds. The minimum atomic E-state index is -0.378. The molecule has 1 N–H and O–H groups in total. The van der Waals surface area contributed by atoms with Crippen molar-refractivity contribution in [2.45, 2.75) is 26.2 Å². The van der Waals surface area contributed by atoms with Crippen LogP contribution in [0.2, 0.25) is 0 Å². The van der Waals surface area contributed by atoms with Crippen molar-refractivity contribution < 1.29 is 24.4 Å². The molecule has 0 unspecified atom stereocenters. The number of nitrogens with zero attached hydrogens (tertiary/aromatic N) is 5. The van der Waals surface area contributed by atoms with Gasteiger partial charge in [-0.05, 0) is 68.4 Å². The van der Waals surface area contributed by atoms with Crippen LogP contribution in [0.15, 0.2) is 67.4 Å². The Morgan fingerprint density at radius 2 is 1.50 bits per heavy atom. The predicted octanol–water partition coefficient (Wildman–Crippen LogP) is 4.43. The first-order valence-electron chi connectivity index (χ1n) is 15.9. The van der Waals surface area contributed by atoms with E-state index < -0.39 is 0 Å². The van der Waals surface area contributed by atoms with Crippen LogP contribution in [0.25, 0.3) is 16.3 Å². The van der Waals surface area contributed by atoms with Crippen molar-refractivity contribution in [3.05, 3.63) is 95.2 Å². The Morgan fingerprint density at radius 1 is 0.826 bits per heavy atom. The van der Waals surface area contributed by atoms with E-state index in [4.69, 9.17) is 0 Å². The van der Waals surface area contributed by atoms with E-state index in [0.29, 0.717) is 53.7 Å². The van der Waals surface area contributed by atoms with Crippen molar-refractivity contribution >= 4 is 45.7 Å². The standard InChI is InChI=1S/C36H39N5O5/c1-4-37(3)30-17-16-29-32-25(30)12-8-15-28(32)35(44)41(36(29)45)23-21-39(46)19-9-18-38(5-2)20-22-40-33(42)26-13-6-10-24-11-7-14-27(31(24)26)34(40)43/h4,6,8,10,12-17,46H,1,5,7,9,11,18-23H2,2-3H3. The molecule has 1 aliphatic carbocycles. The van der Waals surface area contributed by atoms with Gasteiger partial charge in [0.25, 0.3) is 23.6 Å². The van der Waals surface area contributed by atoms with Crippen LogP contribution in [0.1, 0.15) is 62.0 Å². The molecule has 238 valence electrons. The molecule has 6 rings (SSSR count). The molecule has 0 atom stereocenters. The van der Waals surface area contributed by atoms with E-state index in [2.05, 4.69) is 11.5 Å². The monoisotopic (exact) mass is 621 g/mol. The molecule has 0 spiro atoms. The molecule has 0 aromatic heterocycles. The molecule has 2 aliphatic heterocycles. The van der Waals surface area contributed by atoms with Gasteiger partial charge in [0.15, 0.2) is 0 Å². The number of aryl methyl sites for hydroxylation is 1. The van der Waals surface area contributed by atoms with Gasteiger partial charge in [-0.25, -0.2) is 0 Å². The molecular formula is C36H39N5O5. The van der Waals surface area contributed by atoms with Crippen LogP contribution in [0.4, 0.5) is 5.69 Å². The van der Waals surface area contributed by atoms with Crippen molar-refractivity contribution in [2.24, 2.45) is 0 Å². The van der Waals surface area contributed by atoms with Crippen LogP contribution in [0.5, 0.6) is 0 Å². The molecule has 3 aromatic carbocycles. The lowest BCUT2D eigenvalue weighted by molar-refractivity contribution is -0.123. The third-order valence-corrected chi connectivity index (χ3v) is 9.32. The molecular weight excluding hydrogens is 582 g/mol. The number of allylic oxidation sites excluding steroid dienone is 1. The quantitative estimate of drug-likeness (QED) is 0.221. The Balaban J connectivity index is 1.02. The first-order chi connectivity index (χ1) is 22.2. The van der Waals surface area contributed by atoms with Crippen LogP contribution >= 0.6 is 0 Å². The maximum Gasteiger partial charge on any atom is 0.261 e. The van der Waals surface area contributed by atoms with Gasteiger partial charge >= 0.3 is 0 Å². The van der Waals surface area contributed by atoms with Crippen molar-refractivity contribution in [2.75, 3.05) is 57.8 Å². The van der Waals surface area contributed by atoms with E-state index in [-0.39, 0.29) is 43.3 Å². The number of carbonyl (C=O) groups is 4. The molecule has 0 radical (unpaired) electrons. The summed E-state index contributed by atoms with van der Waals surface area (Å²) in [7, 11) is 1.86. The second-order valence-corrected chi connectivity index (χ2v) is 11.9. The summed E-state index contributed by atoms with van der Waals surface area (Å²) in [6, 6.07) is 14.7. The Morgan fingerprint density at radius 3 is 2.26 bits per heavy atom. The highest BCUT2D eigenvalue weighted by Gasteiger charge is 2.37. The summed E-state index contributed by atoms with van der Waals surface area (Å²) in [6.45, 7) is 8.50. The number of hydroxylamine groups is 2. The van der Waals surface area contributed by atoms with Gasteiger partial charge in [0.2, 0.25) is 0 Å². The highest BCUT2D eigenvalue weighted by atomic mass is 16.5. The number of hydrogen-bond acceptors (Lipinski definition) is 8. The third-order valence-electron chi connectivity index (χ3n) is 9.32. The van der Waals surface area contributed by atoms with E-state index in [1.165, 1.54) is 9.80 Å². The first-order valence-corrected chi connectivity index (χ1v) is 15.9. The van der Waals surface area contributed by atoms with Gasteiger partial charge in [-0.15, -0.1) is 0 Å². The average Bonchev–Trinajstić information content (AvgIpc) is 3.07. The Labute approximate surface area is 268 Å². The van der Waals surface area contributed by atoms with Gasteiger partial charge in [-0.1, -0.05) is 43.8 Å². The predicted molar refractivity (Wildman–Crippen MR) is 177 cm³/mol. The van der Waals surface area contributed by atoms with E-state index in [1.807, 2.05) is 55.3 Å². The number of benzene rings is 3. The summed E-state index contributed by atoms with van der Waals surface area (Å²) in [6.07, 6.45) is 5.87. The molecule has 10 nitrogen and oxygen atoms in total. The lowest BCUT2D eigenvalue weighted by Crippen LogP contribution is -2.46. The lowest BCUT2D eigenvalue weighted by Gasteiger charge is -2.33. The largest absolute Gasteiger partial charge is 0.351 e. The Hall–Kier alpha value is -4.64. The molecule has 0 saturated carbocycles. The van der Waals surface area contributed by atoms with Crippen LogP contribution in [-0.2, 0) is 11.2 Å². The van der Waals surface area contributed by atoms with Crippen LogP contribution in [-0.4, -0.2) is 101 Å². The van der Waals surface area contributed by atoms with Crippen molar-refractivity contribution in [3.63, 3.8) is 0 Å². The average molecular weight is 622 g/mol. The highest BCUT2D eigenvalue weighted by molar-refractivity contribution is 6.31. The first kappa shape index (κ1) is 31.3. The molecule has 3 aliphatic rings. The zero-order chi connectivity index (χ0) is 32.5. The number of rotatable bonds is 13. The fourth-order valence-electron chi connectivity index (χ4n) is 6.77. The summed E-state index contributed by atoms with van der Waals surface area (Å²) >= 11 is 0. The minimum absolute atomic E-state index is 0.0496. The maximum atomic E-state index is 13.4. The molecule has 0 saturated heterocycles. The molecule has 46 heavy (non-hydrogen) atoms. The Kier molecular flexibility index (Phi) is 8.86. The van der Waals surface area contributed by atoms with Gasteiger partial charge in [0.05, 0.1) is 0 Å². The number of anilines is 1. The fraction of sp³-hybridized carbons (Fsp3) is 0.333. The minimum Gasteiger partial charge on any atom is -0.351 e. The second kappa shape index (κ2) is 13.0. The van der Waals surface area contributed by atoms with Gasteiger partial charge < -0.3 is 15.0 Å². The molecule has 2 heterocycles. The topological polar surface area (TPSA) is 105 Å². The summed E-state index contributed by atoms with van der Waals surface area (Å²) in [5, 5.41) is 13.2. The highest BCUT2D eigenvalue weighted by Crippen LogP contribution is 2.37. The van der Waals surface area contributed by atoms with Crippen molar-refractivity contribution in [1.82, 2.24) is 19.8 Å². The summed E-state index contributed by atoms with van der Waals surface area (Å²) < 4.78 is 0. The van der Waals surface area contributed by atoms with E-state index in [0.717, 1.165) is 46.7 Å². The van der Waals surface area contributed by atoms with Crippen LogP contribution < -0.4 is 4.90 Å². The third kappa shape index (κ3) is 5.53. The zero-order valence-corrected chi connectivity index (χ0v) is 26.4. The summed E-state index contributed by atoms with van der Waals surface area (Å²) in [5.41, 5.74) is 4.86.